The van der Waals surface area contributed by atoms with Gasteiger partial charge in [-0.15, -0.1) is 11.3 Å². The number of rotatable bonds is 2. The van der Waals surface area contributed by atoms with Crippen LogP contribution in [0.15, 0.2) is 11.4 Å². The number of thiophene rings is 1. The molecular weight excluding hydrogens is 240 g/mol. The molecule has 2 heterocycles. The fraction of sp³-hybridized carbons (Fsp3) is 0.545. The molecule has 0 radical (unpaired) electrons. The van der Waals surface area contributed by atoms with E-state index >= 15 is 0 Å². The minimum absolute atomic E-state index is 0.105. The SMILES string of the molecule is CN1CCc2sccc2C(CO)C1C(=O)NO. The predicted octanol–water partition coefficient (Wildman–Crippen LogP) is 0.186. The average Bonchev–Trinajstić information content (AvgIpc) is 2.75. The van der Waals surface area contributed by atoms with Crippen molar-refractivity contribution >= 4 is 17.2 Å². The van der Waals surface area contributed by atoms with E-state index < -0.39 is 11.9 Å². The molecule has 5 nitrogen and oxygen atoms in total. The van der Waals surface area contributed by atoms with E-state index in [0.717, 1.165) is 18.5 Å². The van der Waals surface area contributed by atoms with E-state index in [2.05, 4.69) is 0 Å². The lowest BCUT2D eigenvalue weighted by atomic mass is 9.92. The highest BCUT2D eigenvalue weighted by molar-refractivity contribution is 7.10. The van der Waals surface area contributed by atoms with Crippen LogP contribution in [0.25, 0.3) is 0 Å². The Morgan fingerprint density at radius 2 is 2.47 bits per heavy atom. The third-order valence-electron chi connectivity index (χ3n) is 3.30. The molecule has 2 unspecified atom stereocenters. The molecule has 0 aliphatic carbocycles. The van der Waals surface area contributed by atoms with Crippen LogP contribution in [0.5, 0.6) is 0 Å². The van der Waals surface area contributed by atoms with Gasteiger partial charge in [-0.2, -0.15) is 0 Å². The highest BCUT2D eigenvalue weighted by atomic mass is 32.1. The van der Waals surface area contributed by atoms with Crippen molar-refractivity contribution in [3.8, 4) is 0 Å². The fourth-order valence-corrected chi connectivity index (χ4v) is 3.37. The van der Waals surface area contributed by atoms with Gasteiger partial charge in [-0.3, -0.25) is 14.9 Å². The summed E-state index contributed by atoms with van der Waals surface area (Å²) in [5.74, 6) is -0.749. The van der Waals surface area contributed by atoms with Gasteiger partial charge in [-0.25, -0.2) is 5.48 Å². The Morgan fingerprint density at radius 3 is 3.12 bits per heavy atom. The molecule has 94 valence electrons. The molecule has 0 saturated heterocycles. The maximum Gasteiger partial charge on any atom is 0.261 e. The first-order valence-corrected chi connectivity index (χ1v) is 6.38. The smallest absolute Gasteiger partial charge is 0.261 e. The van der Waals surface area contributed by atoms with Crippen molar-refractivity contribution in [2.45, 2.75) is 18.4 Å². The summed E-state index contributed by atoms with van der Waals surface area (Å²) >= 11 is 1.65. The first-order valence-electron chi connectivity index (χ1n) is 5.50. The van der Waals surface area contributed by atoms with Gasteiger partial charge in [0.2, 0.25) is 0 Å². The summed E-state index contributed by atoms with van der Waals surface area (Å²) in [4.78, 5) is 14.8. The van der Waals surface area contributed by atoms with Crippen molar-refractivity contribution in [1.29, 1.82) is 0 Å². The van der Waals surface area contributed by atoms with Crippen LogP contribution in [-0.2, 0) is 11.2 Å². The van der Waals surface area contributed by atoms with Gasteiger partial charge in [0.1, 0.15) is 6.04 Å². The molecule has 1 amide bonds. The molecular formula is C11H16N2O3S. The van der Waals surface area contributed by atoms with Crippen LogP contribution < -0.4 is 5.48 Å². The predicted molar refractivity (Wildman–Crippen MR) is 64.2 cm³/mol. The molecule has 6 heteroatoms. The van der Waals surface area contributed by atoms with Crippen LogP contribution in [-0.4, -0.2) is 47.4 Å². The third kappa shape index (κ3) is 2.21. The number of hydroxylamine groups is 1. The molecule has 1 aromatic heterocycles. The lowest BCUT2D eigenvalue weighted by molar-refractivity contribution is -0.135. The molecule has 1 aromatic rings. The van der Waals surface area contributed by atoms with Gasteiger partial charge >= 0.3 is 0 Å². The second-order valence-corrected chi connectivity index (χ2v) is 5.24. The summed E-state index contributed by atoms with van der Waals surface area (Å²) in [6.07, 6.45) is 0.870. The summed E-state index contributed by atoms with van der Waals surface area (Å²) in [7, 11) is 1.83. The van der Waals surface area contributed by atoms with E-state index in [1.807, 2.05) is 23.4 Å². The zero-order valence-electron chi connectivity index (χ0n) is 9.59. The molecule has 0 fully saturated rings. The first kappa shape index (κ1) is 12.5. The number of aliphatic hydroxyl groups is 1. The number of nitrogens with one attached hydrogen (secondary N) is 1. The summed E-state index contributed by atoms with van der Waals surface area (Å²) in [6.45, 7) is 0.633. The Balaban J connectivity index is 2.39. The van der Waals surface area contributed by atoms with E-state index in [4.69, 9.17) is 5.21 Å². The Labute approximate surface area is 104 Å². The van der Waals surface area contributed by atoms with Crippen LogP contribution in [0.4, 0.5) is 0 Å². The number of hydrogen-bond acceptors (Lipinski definition) is 5. The number of nitrogens with zero attached hydrogens (tertiary/aromatic N) is 1. The van der Waals surface area contributed by atoms with Crippen molar-refractivity contribution in [2.75, 3.05) is 20.2 Å². The number of aliphatic hydroxyl groups excluding tert-OH is 1. The Morgan fingerprint density at radius 1 is 1.71 bits per heavy atom. The topological polar surface area (TPSA) is 72.8 Å². The average molecular weight is 256 g/mol. The standard InChI is InChI=1S/C11H16N2O3S/c1-13-4-2-9-7(3-5-17-9)8(6-14)10(13)11(15)12-16/h3,5,8,10,14,16H,2,4,6H2,1H3,(H,12,15). The van der Waals surface area contributed by atoms with E-state index in [-0.39, 0.29) is 12.5 Å². The van der Waals surface area contributed by atoms with Crippen molar-refractivity contribution in [2.24, 2.45) is 0 Å². The lowest BCUT2D eigenvalue weighted by Gasteiger charge is -2.29. The maximum absolute atomic E-state index is 11.7. The van der Waals surface area contributed by atoms with Gasteiger partial charge in [-0.05, 0) is 30.5 Å². The maximum atomic E-state index is 11.7. The quantitative estimate of drug-likeness (QED) is 0.521. The van der Waals surface area contributed by atoms with E-state index in [1.54, 1.807) is 16.8 Å². The number of fused-ring (bicyclic) bond motifs is 1. The molecule has 2 atom stereocenters. The van der Waals surface area contributed by atoms with E-state index in [9.17, 15) is 9.90 Å². The summed E-state index contributed by atoms with van der Waals surface area (Å²) in [6, 6.07) is 1.43. The fourth-order valence-electron chi connectivity index (χ4n) is 2.43. The van der Waals surface area contributed by atoms with Crippen molar-refractivity contribution < 1.29 is 15.1 Å². The molecule has 0 bridgehead atoms. The molecule has 0 aromatic carbocycles. The van der Waals surface area contributed by atoms with Crippen LogP contribution in [0, 0.1) is 0 Å². The van der Waals surface area contributed by atoms with Gasteiger partial charge < -0.3 is 5.11 Å². The second-order valence-electron chi connectivity index (χ2n) is 4.24. The number of carbonyl (C=O) groups excluding carboxylic acids is 1. The van der Waals surface area contributed by atoms with Gasteiger partial charge in [0.05, 0.1) is 6.61 Å². The number of carbonyl (C=O) groups is 1. The zero-order chi connectivity index (χ0) is 12.4. The number of likely N-dealkylation sites (N-methyl/N-ethyl adjacent to an activating group) is 1. The van der Waals surface area contributed by atoms with Gasteiger partial charge in [0, 0.05) is 17.3 Å². The van der Waals surface area contributed by atoms with E-state index in [0.29, 0.717) is 0 Å². The number of amides is 1. The first-order chi connectivity index (χ1) is 8.19. The second kappa shape index (κ2) is 5.14. The highest BCUT2D eigenvalue weighted by Gasteiger charge is 2.36. The normalized spacial score (nSPS) is 25.1. The molecule has 2 rings (SSSR count). The van der Waals surface area contributed by atoms with Gasteiger partial charge in [0.25, 0.3) is 5.91 Å². The molecule has 0 spiro atoms. The largest absolute Gasteiger partial charge is 0.396 e. The molecule has 3 N–H and O–H groups in total. The molecule has 0 saturated carbocycles. The van der Waals surface area contributed by atoms with Crippen molar-refractivity contribution in [3.63, 3.8) is 0 Å². The summed E-state index contributed by atoms with van der Waals surface area (Å²) in [5, 5.41) is 20.3. The van der Waals surface area contributed by atoms with Crippen molar-refractivity contribution in [3.05, 3.63) is 21.9 Å². The van der Waals surface area contributed by atoms with Crippen LogP contribution in [0.2, 0.25) is 0 Å². The van der Waals surface area contributed by atoms with Crippen LogP contribution in [0.3, 0.4) is 0 Å². The summed E-state index contributed by atoms with van der Waals surface area (Å²) in [5.41, 5.74) is 2.72. The summed E-state index contributed by atoms with van der Waals surface area (Å²) < 4.78 is 0. The van der Waals surface area contributed by atoms with Crippen molar-refractivity contribution in [1.82, 2.24) is 10.4 Å². The van der Waals surface area contributed by atoms with Crippen LogP contribution in [0.1, 0.15) is 16.4 Å². The zero-order valence-corrected chi connectivity index (χ0v) is 10.4. The van der Waals surface area contributed by atoms with Gasteiger partial charge in [0.15, 0.2) is 0 Å². The number of hydrogen-bond donors (Lipinski definition) is 3. The Hall–Kier alpha value is -0.950. The van der Waals surface area contributed by atoms with Crippen LogP contribution >= 0.6 is 11.3 Å². The minimum atomic E-state index is -0.527. The minimum Gasteiger partial charge on any atom is -0.396 e. The monoisotopic (exact) mass is 256 g/mol. The Bertz CT molecular complexity index is 407. The molecule has 1 aliphatic heterocycles. The third-order valence-corrected chi connectivity index (χ3v) is 4.30. The Kier molecular flexibility index (Phi) is 3.78. The van der Waals surface area contributed by atoms with Gasteiger partial charge in [-0.1, -0.05) is 0 Å². The molecule has 1 aliphatic rings. The van der Waals surface area contributed by atoms with E-state index in [1.165, 1.54) is 4.88 Å². The highest BCUT2D eigenvalue weighted by Crippen LogP contribution is 2.32. The lowest BCUT2D eigenvalue weighted by Crippen LogP contribution is -2.48. The molecule has 17 heavy (non-hydrogen) atoms.